The number of hydrogen-bond acceptors (Lipinski definition) is 2. The van der Waals surface area contributed by atoms with Gasteiger partial charge in [-0.2, -0.15) is 0 Å². The zero-order valence-corrected chi connectivity index (χ0v) is 20.3. The first-order valence-electron chi connectivity index (χ1n) is 13.5. The highest BCUT2D eigenvalue weighted by atomic mass is 15.3. The summed E-state index contributed by atoms with van der Waals surface area (Å²) in [4.78, 5) is 5.03. The van der Waals surface area contributed by atoms with Crippen molar-refractivity contribution in [3.05, 3.63) is 12.4 Å². The fraction of sp³-hybridized carbons (Fsp3) is 0.926. The maximum absolute atomic E-state index is 2.51. The van der Waals surface area contributed by atoms with Crippen molar-refractivity contribution >= 4 is 0 Å². The number of nitrogens with zero attached hydrogens (tertiary/aromatic N) is 2. The minimum atomic E-state index is 1.13. The van der Waals surface area contributed by atoms with Crippen LogP contribution in [0.1, 0.15) is 142 Å². The molecule has 0 aromatic rings. The first-order valence-corrected chi connectivity index (χ1v) is 13.5. The molecule has 0 saturated carbocycles. The molecular formula is C27H54N2. The third-order valence-electron chi connectivity index (χ3n) is 6.45. The highest BCUT2D eigenvalue weighted by Gasteiger charge is 2.10. The van der Waals surface area contributed by atoms with Crippen LogP contribution in [0.2, 0.25) is 0 Å². The van der Waals surface area contributed by atoms with Gasteiger partial charge in [0, 0.05) is 25.5 Å². The first-order chi connectivity index (χ1) is 14.4. The molecule has 1 aliphatic heterocycles. The molecule has 0 radical (unpaired) electrons. The van der Waals surface area contributed by atoms with Crippen LogP contribution in [0.3, 0.4) is 0 Å². The zero-order chi connectivity index (χ0) is 20.8. The second kappa shape index (κ2) is 20.6. The Kier molecular flexibility index (Phi) is 18.7. The molecule has 1 aliphatic rings. The van der Waals surface area contributed by atoms with Crippen LogP contribution < -0.4 is 0 Å². The Morgan fingerprint density at radius 2 is 0.690 bits per heavy atom. The molecule has 1 rings (SSSR count). The lowest BCUT2D eigenvalue weighted by atomic mass is 10.1. The molecule has 0 N–H and O–H groups in total. The topological polar surface area (TPSA) is 6.48 Å². The molecule has 0 atom stereocenters. The summed E-state index contributed by atoms with van der Waals surface area (Å²) in [6.07, 6.45) is 33.2. The molecule has 0 saturated heterocycles. The van der Waals surface area contributed by atoms with E-state index in [4.69, 9.17) is 0 Å². The number of hydrogen-bond donors (Lipinski definition) is 0. The Balaban J connectivity index is 1.80. The largest absolute Gasteiger partial charge is 0.359 e. The highest BCUT2D eigenvalue weighted by molar-refractivity contribution is 4.90. The maximum atomic E-state index is 2.51. The minimum Gasteiger partial charge on any atom is -0.359 e. The second-order valence-corrected chi connectivity index (χ2v) is 9.43. The Hall–Kier alpha value is -0.660. The van der Waals surface area contributed by atoms with Gasteiger partial charge in [-0.15, -0.1) is 0 Å². The molecule has 29 heavy (non-hydrogen) atoms. The average molecular weight is 407 g/mol. The van der Waals surface area contributed by atoms with Gasteiger partial charge in [0.05, 0.1) is 6.67 Å². The van der Waals surface area contributed by atoms with Crippen molar-refractivity contribution in [2.45, 2.75) is 142 Å². The van der Waals surface area contributed by atoms with Gasteiger partial charge in [0.1, 0.15) is 0 Å². The Morgan fingerprint density at radius 3 is 1.00 bits per heavy atom. The van der Waals surface area contributed by atoms with Gasteiger partial charge < -0.3 is 9.80 Å². The molecule has 2 nitrogen and oxygen atoms in total. The first kappa shape index (κ1) is 26.4. The molecule has 0 bridgehead atoms. The van der Waals surface area contributed by atoms with Crippen LogP contribution in [-0.4, -0.2) is 29.6 Å². The molecular weight excluding hydrogens is 352 g/mol. The summed E-state index contributed by atoms with van der Waals surface area (Å²) in [6, 6.07) is 0. The molecule has 0 aromatic carbocycles. The Bertz CT molecular complexity index is 320. The second-order valence-electron chi connectivity index (χ2n) is 9.43. The van der Waals surface area contributed by atoms with Gasteiger partial charge in [-0.05, 0) is 12.8 Å². The molecule has 0 unspecified atom stereocenters. The molecule has 2 heteroatoms. The molecule has 0 amide bonds. The van der Waals surface area contributed by atoms with E-state index in [9.17, 15) is 0 Å². The zero-order valence-electron chi connectivity index (χ0n) is 20.3. The van der Waals surface area contributed by atoms with E-state index in [0.717, 1.165) is 6.67 Å². The smallest absolute Gasteiger partial charge is 0.0893 e. The normalized spacial score (nSPS) is 13.7. The van der Waals surface area contributed by atoms with Gasteiger partial charge in [-0.1, -0.05) is 129 Å². The summed E-state index contributed by atoms with van der Waals surface area (Å²) in [5.41, 5.74) is 0. The van der Waals surface area contributed by atoms with Crippen LogP contribution in [0.25, 0.3) is 0 Å². The lowest BCUT2D eigenvalue weighted by molar-refractivity contribution is 0.257. The highest BCUT2D eigenvalue weighted by Crippen LogP contribution is 2.14. The predicted octanol–water partition coefficient (Wildman–Crippen LogP) is 8.87. The van der Waals surface area contributed by atoms with E-state index in [1.54, 1.807) is 0 Å². The van der Waals surface area contributed by atoms with E-state index in [2.05, 4.69) is 36.0 Å². The van der Waals surface area contributed by atoms with E-state index in [1.807, 2.05) is 0 Å². The molecule has 0 fully saturated rings. The molecule has 1 heterocycles. The van der Waals surface area contributed by atoms with E-state index in [1.165, 1.54) is 142 Å². The summed E-state index contributed by atoms with van der Waals surface area (Å²) < 4.78 is 0. The van der Waals surface area contributed by atoms with Crippen molar-refractivity contribution in [3.63, 3.8) is 0 Å². The summed E-state index contributed by atoms with van der Waals surface area (Å²) in [7, 11) is 0. The lowest BCUT2D eigenvalue weighted by Crippen LogP contribution is -2.26. The van der Waals surface area contributed by atoms with Crippen molar-refractivity contribution in [1.29, 1.82) is 0 Å². The van der Waals surface area contributed by atoms with Crippen molar-refractivity contribution in [1.82, 2.24) is 9.80 Å². The summed E-state index contributed by atoms with van der Waals surface area (Å²) >= 11 is 0. The van der Waals surface area contributed by atoms with Gasteiger partial charge in [-0.25, -0.2) is 0 Å². The summed E-state index contributed by atoms with van der Waals surface area (Å²) in [5.74, 6) is 0. The minimum absolute atomic E-state index is 1.13. The molecule has 0 aromatic heterocycles. The monoisotopic (exact) mass is 406 g/mol. The van der Waals surface area contributed by atoms with E-state index in [-0.39, 0.29) is 0 Å². The van der Waals surface area contributed by atoms with E-state index in [0.29, 0.717) is 0 Å². The van der Waals surface area contributed by atoms with Crippen LogP contribution in [0.15, 0.2) is 12.4 Å². The fourth-order valence-corrected chi connectivity index (χ4v) is 4.41. The van der Waals surface area contributed by atoms with Gasteiger partial charge in [-0.3, -0.25) is 0 Å². The predicted molar refractivity (Wildman–Crippen MR) is 131 cm³/mol. The number of unbranched alkanes of at least 4 members (excludes halogenated alkanes) is 18. The molecule has 0 spiro atoms. The van der Waals surface area contributed by atoms with Crippen LogP contribution in [0.4, 0.5) is 0 Å². The summed E-state index contributed by atoms with van der Waals surface area (Å²) in [5, 5.41) is 0. The SMILES string of the molecule is CCCCCCCCCCCCN1C=CN(CCCCCCCCCCCC)C1. The third-order valence-corrected chi connectivity index (χ3v) is 6.45. The quantitative estimate of drug-likeness (QED) is 0.166. The van der Waals surface area contributed by atoms with Gasteiger partial charge >= 0.3 is 0 Å². The number of rotatable bonds is 22. The van der Waals surface area contributed by atoms with Gasteiger partial charge in [0.25, 0.3) is 0 Å². The lowest BCUT2D eigenvalue weighted by Gasteiger charge is -2.21. The van der Waals surface area contributed by atoms with Crippen LogP contribution in [0.5, 0.6) is 0 Å². The van der Waals surface area contributed by atoms with Crippen LogP contribution in [0, 0.1) is 0 Å². The fourth-order valence-electron chi connectivity index (χ4n) is 4.41. The van der Waals surface area contributed by atoms with E-state index >= 15 is 0 Å². The Morgan fingerprint density at radius 1 is 0.414 bits per heavy atom. The van der Waals surface area contributed by atoms with Crippen molar-refractivity contribution in [2.75, 3.05) is 19.8 Å². The van der Waals surface area contributed by atoms with Crippen molar-refractivity contribution < 1.29 is 0 Å². The van der Waals surface area contributed by atoms with Crippen molar-refractivity contribution in [2.24, 2.45) is 0 Å². The molecule has 0 aliphatic carbocycles. The van der Waals surface area contributed by atoms with Gasteiger partial charge in [0.15, 0.2) is 0 Å². The third kappa shape index (κ3) is 16.8. The van der Waals surface area contributed by atoms with Gasteiger partial charge in [0.2, 0.25) is 0 Å². The standard InChI is InChI=1S/C27H54N2/c1-3-5-7-9-11-13-15-17-19-21-23-28-25-26-29(27-28)24-22-20-18-16-14-12-10-8-6-4-2/h25-26H,3-24,27H2,1-2H3. The van der Waals surface area contributed by atoms with Crippen LogP contribution >= 0.6 is 0 Å². The van der Waals surface area contributed by atoms with Crippen LogP contribution in [-0.2, 0) is 0 Å². The Labute approximate surface area is 184 Å². The maximum Gasteiger partial charge on any atom is 0.0893 e. The summed E-state index contributed by atoms with van der Waals surface area (Å²) in [6.45, 7) is 8.23. The van der Waals surface area contributed by atoms with E-state index < -0.39 is 0 Å². The molecule has 172 valence electrons. The average Bonchev–Trinajstić information content (AvgIpc) is 3.18. The van der Waals surface area contributed by atoms with Crippen molar-refractivity contribution in [3.8, 4) is 0 Å².